The molecule has 1 aliphatic rings. The summed E-state index contributed by atoms with van der Waals surface area (Å²) >= 11 is 3.22. The number of nitriles is 1. The van der Waals surface area contributed by atoms with Crippen molar-refractivity contribution in [2.24, 2.45) is 5.92 Å². The van der Waals surface area contributed by atoms with Gasteiger partial charge >= 0.3 is 0 Å². The molecule has 0 spiro atoms. The monoisotopic (exact) mass is 314 g/mol. The van der Waals surface area contributed by atoms with E-state index in [0.717, 1.165) is 12.8 Å². The van der Waals surface area contributed by atoms with E-state index in [-0.39, 0.29) is 5.75 Å². The average Bonchev–Trinajstić information content (AvgIpc) is 3.00. The first-order valence-electron chi connectivity index (χ1n) is 5.20. The third-order valence-electron chi connectivity index (χ3n) is 2.51. The summed E-state index contributed by atoms with van der Waals surface area (Å²) in [6.45, 7) is 0. The molecule has 17 heavy (non-hydrogen) atoms. The summed E-state index contributed by atoms with van der Waals surface area (Å²) in [4.78, 5) is 0. The first kappa shape index (κ1) is 12.4. The maximum Gasteiger partial charge on any atom is 0.232 e. The predicted molar refractivity (Wildman–Crippen MR) is 69.0 cm³/mol. The van der Waals surface area contributed by atoms with Crippen LogP contribution >= 0.6 is 15.9 Å². The maximum absolute atomic E-state index is 11.7. The predicted octanol–water partition coefficient (Wildman–Crippen LogP) is 2.47. The zero-order valence-electron chi connectivity index (χ0n) is 8.98. The lowest BCUT2D eigenvalue weighted by Gasteiger charge is -2.08. The van der Waals surface area contributed by atoms with Crippen LogP contribution in [0.25, 0.3) is 0 Å². The zero-order valence-corrected chi connectivity index (χ0v) is 11.4. The number of anilines is 1. The van der Waals surface area contributed by atoms with Crippen LogP contribution < -0.4 is 4.72 Å². The zero-order chi connectivity index (χ0) is 12.5. The molecule has 6 heteroatoms. The summed E-state index contributed by atoms with van der Waals surface area (Å²) in [5.41, 5.74) is 0.965. The van der Waals surface area contributed by atoms with Gasteiger partial charge in [0.15, 0.2) is 0 Å². The Kier molecular flexibility index (Phi) is 3.40. The normalized spacial score (nSPS) is 15.3. The molecule has 0 aromatic heterocycles. The Bertz CT molecular complexity index is 574. The summed E-state index contributed by atoms with van der Waals surface area (Å²) in [6.07, 6.45) is 2.00. The second-order valence-corrected chi connectivity index (χ2v) is 6.75. The topological polar surface area (TPSA) is 70.0 Å². The van der Waals surface area contributed by atoms with Crippen molar-refractivity contribution >= 4 is 31.6 Å². The molecule has 2 rings (SSSR count). The number of rotatable bonds is 4. The van der Waals surface area contributed by atoms with Gasteiger partial charge in [0.1, 0.15) is 6.07 Å². The third-order valence-corrected chi connectivity index (χ3v) is 4.63. The first-order valence-corrected chi connectivity index (χ1v) is 7.65. The molecule has 1 aromatic carbocycles. The van der Waals surface area contributed by atoms with Gasteiger partial charge < -0.3 is 0 Å². The fourth-order valence-corrected chi connectivity index (χ4v) is 3.48. The van der Waals surface area contributed by atoms with Gasteiger partial charge in [-0.05, 0) is 52.9 Å². The Hall–Kier alpha value is -1.06. The first-order chi connectivity index (χ1) is 8.00. The standard InChI is InChI=1S/C11H11BrN2O2S/c12-11-5-10(4-3-9(11)6-13)14-17(15,16)7-8-1-2-8/h3-5,8,14H,1-2,7H2. The molecule has 1 aromatic rings. The van der Waals surface area contributed by atoms with Crippen LogP contribution in [0.1, 0.15) is 18.4 Å². The van der Waals surface area contributed by atoms with Crippen molar-refractivity contribution in [1.82, 2.24) is 0 Å². The molecule has 0 amide bonds. The van der Waals surface area contributed by atoms with E-state index in [2.05, 4.69) is 20.7 Å². The number of hydrogen-bond donors (Lipinski definition) is 1. The molecule has 0 aliphatic heterocycles. The van der Waals surface area contributed by atoms with E-state index in [1.54, 1.807) is 18.2 Å². The molecule has 0 atom stereocenters. The molecule has 0 radical (unpaired) electrons. The number of nitrogens with one attached hydrogen (secondary N) is 1. The Labute approximate surface area is 109 Å². The molecule has 1 fully saturated rings. The number of halogens is 1. The summed E-state index contributed by atoms with van der Waals surface area (Å²) in [6, 6.07) is 6.78. The van der Waals surface area contributed by atoms with Crippen molar-refractivity contribution in [2.45, 2.75) is 12.8 Å². The number of benzene rings is 1. The second-order valence-electron chi connectivity index (χ2n) is 4.13. The molecular weight excluding hydrogens is 304 g/mol. The highest BCUT2D eigenvalue weighted by molar-refractivity contribution is 9.10. The van der Waals surface area contributed by atoms with Crippen LogP contribution in [0.15, 0.2) is 22.7 Å². The van der Waals surface area contributed by atoms with Crippen LogP contribution in [0.5, 0.6) is 0 Å². The van der Waals surface area contributed by atoms with Crippen molar-refractivity contribution in [1.29, 1.82) is 5.26 Å². The molecule has 4 nitrogen and oxygen atoms in total. The highest BCUT2D eigenvalue weighted by atomic mass is 79.9. The van der Waals surface area contributed by atoms with Crippen molar-refractivity contribution in [2.75, 3.05) is 10.5 Å². The van der Waals surface area contributed by atoms with Gasteiger partial charge in [-0.25, -0.2) is 8.42 Å². The Morgan fingerprint density at radius 3 is 2.71 bits per heavy atom. The van der Waals surface area contributed by atoms with Crippen LogP contribution in [0.2, 0.25) is 0 Å². The van der Waals surface area contributed by atoms with Crippen LogP contribution in [-0.2, 0) is 10.0 Å². The van der Waals surface area contributed by atoms with Gasteiger partial charge in [-0.2, -0.15) is 5.26 Å². The molecule has 0 unspecified atom stereocenters. The summed E-state index contributed by atoms with van der Waals surface area (Å²) in [7, 11) is -3.26. The van der Waals surface area contributed by atoms with Crippen LogP contribution in [0, 0.1) is 17.2 Å². The highest BCUT2D eigenvalue weighted by Gasteiger charge is 2.27. The van der Waals surface area contributed by atoms with Gasteiger partial charge in [0, 0.05) is 10.2 Å². The van der Waals surface area contributed by atoms with E-state index in [4.69, 9.17) is 5.26 Å². The van der Waals surface area contributed by atoms with Gasteiger partial charge in [0.2, 0.25) is 10.0 Å². The molecule has 90 valence electrons. The van der Waals surface area contributed by atoms with E-state index >= 15 is 0 Å². The van der Waals surface area contributed by atoms with E-state index in [0.29, 0.717) is 21.6 Å². The van der Waals surface area contributed by atoms with Gasteiger partial charge in [0.05, 0.1) is 11.3 Å². The highest BCUT2D eigenvalue weighted by Crippen LogP contribution is 2.31. The van der Waals surface area contributed by atoms with E-state index in [1.165, 1.54) is 0 Å². The summed E-state index contributed by atoms with van der Waals surface area (Å²) in [5, 5.41) is 8.75. The molecule has 1 saturated carbocycles. The van der Waals surface area contributed by atoms with Crippen LogP contribution in [-0.4, -0.2) is 14.2 Å². The SMILES string of the molecule is N#Cc1ccc(NS(=O)(=O)CC2CC2)cc1Br. The summed E-state index contributed by atoms with van der Waals surface area (Å²) in [5.74, 6) is 0.499. The number of nitrogens with zero attached hydrogens (tertiary/aromatic N) is 1. The van der Waals surface area contributed by atoms with Gasteiger partial charge in [-0.1, -0.05) is 0 Å². The number of hydrogen-bond acceptors (Lipinski definition) is 3. The Morgan fingerprint density at radius 1 is 1.47 bits per heavy atom. The molecule has 1 aliphatic carbocycles. The Morgan fingerprint density at radius 2 is 2.18 bits per heavy atom. The fourth-order valence-electron chi connectivity index (χ4n) is 1.49. The van der Waals surface area contributed by atoms with Crippen molar-refractivity contribution in [3.05, 3.63) is 28.2 Å². The lowest BCUT2D eigenvalue weighted by Crippen LogP contribution is -2.17. The molecule has 1 N–H and O–H groups in total. The smallest absolute Gasteiger partial charge is 0.232 e. The number of sulfonamides is 1. The van der Waals surface area contributed by atoms with Crippen LogP contribution in [0.3, 0.4) is 0 Å². The maximum atomic E-state index is 11.7. The van der Waals surface area contributed by atoms with Gasteiger partial charge in [-0.15, -0.1) is 0 Å². The van der Waals surface area contributed by atoms with Gasteiger partial charge in [-0.3, -0.25) is 4.72 Å². The molecular formula is C11H11BrN2O2S. The molecule has 0 saturated heterocycles. The minimum absolute atomic E-state index is 0.185. The quantitative estimate of drug-likeness (QED) is 0.928. The minimum atomic E-state index is -3.26. The lowest BCUT2D eigenvalue weighted by molar-refractivity contribution is 0.597. The summed E-state index contributed by atoms with van der Waals surface area (Å²) < 4.78 is 26.6. The largest absolute Gasteiger partial charge is 0.284 e. The lowest BCUT2D eigenvalue weighted by atomic mass is 10.2. The minimum Gasteiger partial charge on any atom is -0.284 e. The average molecular weight is 315 g/mol. The Balaban J connectivity index is 2.13. The molecule has 0 bridgehead atoms. The fraction of sp³-hybridized carbons (Fsp3) is 0.364. The van der Waals surface area contributed by atoms with Crippen LogP contribution in [0.4, 0.5) is 5.69 Å². The molecule has 0 heterocycles. The third kappa shape index (κ3) is 3.45. The van der Waals surface area contributed by atoms with Crippen molar-refractivity contribution in [3.63, 3.8) is 0 Å². The van der Waals surface area contributed by atoms with Crippen molar-refractivity contribution < 1.29 is 8.42 Å². The van der Waals surface area contributed by atoms with E-state index in [9.17, 15) is 8.42 Å². The van der Waals surface area contributed by atoms with E-state index < -0.39 is 10.0 Å². The van der Waals surface area contributed by atoms with Crippen molar-refractivity contribution in [3.8, 4) is 6.07 Å². The van der Waals surface area contributed by atoms with E-state index in [1.807, 2.05) is 6.07 Å². The van der Waals surface area contributed by atoms with Gasteiger partial charge in [0.25, 0.3) is 0 Å². The second kappa shape index (κ2) is 4.67.